The molecule has 0 amide bonds. The first-order valence-electron chi connectivity index (χ1n) is 7.35. The highest BCUT2D eigenvalue weighted by Crippen LogP contribution is 2.23. The lowest BCUT2D eigenvalue weighted by atomic mass is 9.89. The minimum atomic E-state index is 0.366. The molecule has 110 valence electrons. The third-order valence-electron chi connectivity index (χ3n) is 3.39. The Morgan fingerprint density at radius 2 is 2.10 bits per heavy atom. The summed E-state index contributed by atoms with van der Waals surface area (Å²) in [6, 6.07) is 2.46. The third kappa shape index (κ3) is 3.68. The molecule has 0 fully saturated rings. The Labute approximate surface area is 120 Å². The highest BCUT2D eigenvalue weighted by molar-refractivity contribution is 5.45. The van der Waals surface area contributed by atoms with Gasteiger partial charge < -0.3 is 5.32 Å². The number of hydrogen-bond donors (Lipinski definition) is 1. The summed E-state index contributed by atoms with van der Waals surface area (Å²) < 4.78 is 1.77. The summed E-state index contributed by atoms with van der Waals surface area (Å²) in [5.41, 5.74) is 1.40. The van der Waals surface area contributed by atoms with Gasteiger partial charge >= 0.3 is 0 Å². The Kier molecular flexibility index (Phi) is 4.26. The Morgan fingerprint density at radius 3 is 2.75 bits per heavy atom. The van der Waals surface area contributed by atoms with Gasteiger partial charge in [-0.25, -0.2) is 4.98 Å². The number of hydrogen-bond acceptors (Lipinski definition) is 4. The Hall–Kier alpha value is -1.65. The number of rotatable bonds is 5. The standard InChI is InChI=1S/C15H25N5/c1-6-12-9-13(20-14(19-12)16-10-17-20)18-11(2)7-8-15(3,4)5/h9-11,18H,6-8H2,1-5H3. The van der Waals surface area contributed by atoms with Crippen molar-refractivity contribution in [1.82, 2.24) is 19.6 Å². The molecule has 2 rings (SSSR count). The van der Waals surface area contributed by atoms with Crippen LogP contribution in [-0.2, 0) is 6.42 Å². The summed E-state index contributed by atoms with van der Waals surface area (Å²) in [6.07, 6.45) is 4.76. The minimum Gasteiger partial charge on any atom is -0.367 e. The molecule has 0 saturated carbocycles. The van der Waals surface area contributed by atoms with Gasteiger partial charge in [0, 0.05) is 17.8 Å². The van der Waals surface area contributed by atoms with Crippen molar-refractivity contribution >= 4 is 11.6 Å². The molecule has 0 radical (unpaired) electrons. The summed E-state index contributed by atoms with van der Waals surface area (Å²) in [5, 5.41) is 7.78. The van der Waals surface area contributed by atoms with E-state index in [1.807, 2.05) is 0 Å². The fourth-order valence-electron chi connectivity index (χ4n) is 2.12. The van der Waals surface area contributed by atoms with Gasteiger partial charge in [-0.2, -0.15) is 14.6 Å². The highest BCUT2D eigenvalue weighted by Gasteiger charge is 2.14. The van der Waals surface area contributed by atoms with Gasteiger partial charge in [-0.1, -0.05) is 27.7 Å². The normalized spacial score (nSPS) is 13.7. The lowest BCUT2D eigenvalue weighted by molar-refractivity contribution is 0.356. The Balaban J connectivity index is 2.14. The van der Waals surface area contributed by atoms with Crippen LogP contribution in [0.4, 0.5) is 5.82 Å². The van der Waals surface area contributed by atoms with Crippen molar-refractivity contribution in [2.75, 3.05) is 5.32 Å². The molecule has 2 aromatic rings. The van der Waals surface area contributed by atoms with Crippen LogP contribution in [0.3, 0.4) is 0 Å². The van der Waals surface area contributed by atoms with Crippen molar-refractivity contribution in [2.24, 2.45) is 5.41 Å². The van der Waals surface area contributed by atoms with Gasteiger partial charge in [0.05, 0.1) is 0 Å². The monoisotopic (exact) mass is 275 g/mol. The number of aromatic nitrogens is 4. The van der Waals surface area contributed by atoms with Crippen molar-refractivity contribution in [3.63, 3.8) is 0 Å². The lowest BCUT2D eigenvalue weighted by Gasteiger charge is -2.22. The van der Waals surface area contributed by atoms with Crippen LogP contribution in [0, 0.1) is 5.41 Å². The molecule has 5 nitrogen and oxygen atoms in total. The van der Waals surface area contributed by atoms with E-state index >= 15 is 0 Å². The van der Waals surface area contributed by atoms with Crippen molar-refractivity contribution in [3.05, 3.63) is 18.1 Å². The molecule has 2 heterocycles. The maximum atomic E-state index is 4.46. The van der Waals surface area contributed by atoms with Gasteiger partial charge in [0.15, 0.2) is 0 Å². The zero-order chi connectivity index (χ0) is 14.8. The topological polar surface area (TPSA) is 55.1 Å². The van der Waals surface area contributed by atoms with Crippen LogP contribution >= 0.6 is 0 Å². The second kappa shape index (κ2) is 5.77. The van der Waals surface area contributed by atoms with Crippen LogP contribution in [0.15, 0.2) is 12.4 Å². The average molecular weight is 275 g/mol. The maximum absolute atomic E-state index is 4.46. The zero-order valence-electron chi connectivity index (χ0n) is 13.1. The molecular formula is C15H25N5. The van der Waals surface area contributed by atoms with E-state index in [1.54, 1.807) is 10.8 Å². The number of fused-ring (bicyclic) bond motifs is 1. The van der Waals surface area contributed by atoms with Crippen LogP contribution < -0.4 is 5.32 Å². The van der Waals surface area contributed by atoms with Crippen LogP contribution in [-0.4, -0.2) is 25.6 Å². The van der Waals surface area contributed by atoms with Crippen LogP contribution in [0.2, 0.25) is 0 Å². The second-order valence-electron chi connectivity index (χ2n) is 6.60. The van der Waals surface area contributed by atoms with E-state index in [4.69, 9.17) is 0 Å². The fraction of sp³-hybridized carbons (Fsp3) is 0.667. The molecule has 2 aromatic heterocycles. The van der Waals surface area contributed by atoms with Gasteiger partial charge in [0.25, 0.3) is 5.78 Å². The quantitative estimate of drug-likeness (QED) is 0.909. The minimum absolute atomic E-state index is 0.366. The molecule has 0 aliphatic rings. The molecule has 0 bridgehead atoms. The third-order valence-corrected chi connectivity index (χ3v) is 3.39. The molecule has 1 N–H and O–H groups in total. The van der Waals surface area contributed by atoms with Crippen molar-refractivity contribution in [2.45, 2.75) is 59.9 Å². The van der Waals surface area contributed by atoms with Crippen molar-refractivity contribution in [3.8, 4) is 0 Å². The smallest absolute Gasteiger partial charge is 0.254 e. The zero-order valence-corrected chi connectivity index (χ0v) is 13.1. The molecule has 20 heavy (non-hydrogen) atoms. The first kappa shape index (κ1) is 14.8. The van der Waals surface area contributed by atoms with E-state index in [9.17, 15) is 0 Å². The Bertz CT molecular complexity index is 567. The molecule has 0 spiro atoms. The lowest BCUT2D eigenvalue weighted by Crippen LogP contribution is -2.20. The van der Waals surface area contributed by atoms with Gasteiger partial charge in [0.1, 0.15) is 12.1 Å². The number of anilines is 1. The molecular weight excluding hydrogens is 250 g/mol. The van der Waals surface area contributed by atoms with E-state index < -0.39 is 0 Å². The molecule has 1 unspecified atom stereocenters. The fourth-order valence-corrected chi connectivity index (χ4v) is 2.12. The molecule has 5 heteroatoms. The van der Waals surface area contributed by atoms with Gasteiger partial charge in [0.2, 0.25) is 0 Å². The number of nitrogens with zero attached hydrogens (tertiary/aromatic N) is 4. The van der Waals surface area contributed by atoms with E-state index in [0.29, 0.717) is 17.2 Å². The van der Waals surface area contributed by atoms with Crippen LogP contribution in [0.25, 0.3) is 5.78 Å². The Morgan fingerprint density at radius 1 is 1.35 bits per heavy atom. The number of aryl methyl sites for hydroxylation is 1. The predicted molar refractivity (Wildman–Crippen MR) is 81.9 cm³/mol. The summed E-state index contributed by atoms with van der Waals surface area (Å²) in [4.78, 5) is 8.64. The van der Waals surface area contributed by atoms with Crippen LogP contribution in [0.5, 0.6) is 0 Å². The van der Waals surface area contributed by atoms with Crippen LogP contribution in [0.1, 0.15) is 53.2 Å². The van der Waals surface area contributed by atoms with Gasteiger partial charge in [-0.15, -0.1) is 0 Å². The van der Waals surface area contributed by atoms with E-state index in [2.05, 4.69) is 61.1 Å². The average Bonchev–Trinajstić information content (AvgIpc) is 2.83. The molecule has 0 saturated heterocycles. The summed E-state index contributed by atoms with van der Waals surface area (Å²) in [7, 11) is 0. The molecule has 0 aromatic carbocycles. The highest BCUT2D eigenvalue weighted by atomic mass is 15.4. The molecule has 1 atom stereocenters. The first-order valence-corrected chi connectivity index (χ1v) is 7.35. The van der Waals surface area contributed by atoms with Gasteiger partial charge in [-0.05, 0) is 31.6 Å². The molecule has 0 aliphatic heterocycles. The van der Waals surface area contributed by atoms with E-state index in [1.165, 1.54) is 6.42 Å². The maximum Gasteiger partial charge on any atom is 0.254 e. The SMILES string of the molecule is CCc1cc(NC(C)CCC(C)(C)C)n2ncnc2n1. The largest absolute Gasteiger partial charge is 0.367 e. The summed E-state index contributed by atoms with van der Waals surface area (Å²) in [6.45, 7) is 11.1. The summed E-state index contributed by atoms with van der Waals surface area (Å²) >= 11 is 0. The van der Waals surface area contributed by atoms with E-state index in [0.717, 1.165) is 24.4 Å². The van der Waals surface area contributed by atoms with E-state index in [-0.39, 0.29) is 0 Å². The summed E-state index contributed by atoms with van der Waals surface area (Å²) in [5.74, 6) is 1.64. The number of nitrogens with one attached hydrogen (secondary N) is 1. The van der Waals surface area contributed by atoms with Crippen molar-refractivity contribution < 1.29 is 0 Å². The predicted octanol–water partition coefficient (Wildman–Crippen LogP) is 3.31. The second-order valence-corrected chi connectivity index (χ2v) is 6.60. The first-order chi connectivity index (χ1) is 9.39. The van der Waals surface area contributed by atoms with Gasteiger partial charge in [-0.3, -0.25) is 0 Å². The van der Waals surface area contributed by atoms with Crippen molar-refractivity contribution in [1.29, 1.82) is 0 Å². The molecule has 0 aliphatic carbocycles.